The number of halogens is 1. The van der Waals surface area contributed by atoms with Gasteiger partial charge in [0, 0.05) is 25.6 Å². The molecule has 0 aliphatic carbocycles. The molecule has 0 aromatic carbocycles. The summed E-state index contributed by atoms with van der Waals surface area (Å²) in [7, 11) is 2.05. The number of nitrogens with zero attached hydrogens (tertiary/aromatic N) is 3. The van der Waals surface area contributed by atoms with E-state index in [4.69, 9.17) is 0 Å². The highest BCUT2D eigenvalue weighted by molar-refractivity contribution is 5.94. The molecule has 1 saturated heterocycles. The zero-order chi connectivity index (χ0) is 15.2. The molecule has 0 N–H and O–H groups in total. The van der Waals surface area contributed by atoms with Gasteiger partial charge in [-0.3, -0.25) is 14.7 Å². The van der Waals surface area contributed by atoms with Crippen molar-refractivity contribution in [3.8, 4) is 0 Å². The van der Waals surface area contributed by atoms with E-state index in [2.05, 4.69) is 28.8 Å². The predicted octanol–water partition coefficient (Wildman–Crippen LogP) is 2.21. The van der Waals surface area contributed by atoms with Crippen LogP contribution in [0.3, 0.4) is 0 Å². The first-order chi connectivity index (χ1) is 10.1. The largest absolute Gasteiger partial charge is 0.304 e. The first-order valence-corrected chi connectivity index (χ1v) is 7.67. The van der Waals surface area contributed by atoms with Crippen LogP contribution in [0.5, 0.6) is 0 Å². The lowest BCUT2D eigenvalue weighted by Crippen LogP contribution is -2.39. The summed E-state index contributed by atoms with van der Waals surface area (Å²) in [5.74, 6) is -0.440. The fraction of sp³-hybridized carbons (Fsp3) is 0.625. The Labute approximate surface area is 126 Å². The van der Waals surface area contributed by atoms with Crippen LogP contribution in [0.25, 0.3) is 0 Å². The number of Topliss-reactive ketones (excluding diaryl/α,β-unsaturated/α-hetero) is 1. The van der Waals surface area contributed by atoms with Gasteiger partial charge in [-0.05, 0) is 45.1 Å². The molecular formula is C16H24FN3O. The van der Waals surface area contributed by atoms with Crippen LogP contribution in [0.15, 0.2) is 18.3 Å². The quantitative estimate of drug-likeness (QED) is 0.722. The fourth-order valence-electron chi connectivity index (χ4n) is 2.93. The van der Waals surface area contributed by atoms with Gasteiger partial charge >= 0.3 is 0 Å². The lowest BCUT2D eigenvalue weighted by molar-refractivity contribution is 0.0958. The van der Waals surface area contributed by atoms with Crippen molar-refractivity contribution in [3.05, 3.63) is 29.8 Å². The molecule has 5 heteroatoms. The molecule has 1 aromatic heterocycles. The molecule has 0 saturated carbocycles. The maximum Gasteiger partial charge on any atom is 0.182 e. The number of aromatic nitrogens is 1. The average Bonchev–Trinajstić information content (AvgIpc) is 2.92. The Morgan fingerprint density at radius 2 is 2.33 bits per heavy atom. The summed E-state index contributed by atoms with van der Waals surface area (Å²) >= 11 is 0. The Balaban J connectivity index is 1.77. The number of likely N-dealkylation sites (tertiary alicyclic amines) is 1. The Morgan fingerprint density at radius 3 is 3.00 bits per heavy atom. The third-order valence-corrected chi connectivity index (χ3v) is 4.16. The van der Waals surface area contributed by atoms with Crippen LogP contribution in [0.1, 0.15) is 36.7 Å². The molecule has 116 valence electrons. The van der Waals surface area contributed by atoms with E-state index in [0.717, 1.165) is 19.3 Å². The molecule has 1 aromatic rings. The van der Waals surface area contributed by atoms with E-state index in [-0.39, 0.29) is 5.78 Å². The highest BCUT2D eigenvalue weighted by Crippen LogP contribution is 2.17. The van der Waals surface area contributed by atoms with E-state index in [1.165, 1.54) is 31.5 Å². The van der Waals surface area contributed by atoms with Crippen LogP contribution in [-0.2, 0) is 0 Å². The monoisotopic (exact) mass is 293 g/mol. The number of pyridine rings is 1. The van der Waals surface area contributed by atoms with Gasteiger partial charge in [0.1, 0.15) is 11.5 Å². The summed E-state index contributed by atoms with van der Waals surface area (Å²) in [4.78, 5) is 20.5. The van der Waals surface area contributed by atoms with Crippen LogP contribution in [0, 0.1) is 5.82 Å². The van der Waals surface area contributed by atoms with Gasteiger partial charge < -0.3 is 4.90 Å². The predicted molar refractivity (Wildman–Crippen MR) is 80.9 cm³/mol. The molecule has 21 heavy (non-hydrogen) atoms. The number of likely N-dealkylation sites (N-methyl/N-ethyl adjacent to an activating group) is 2. The van der Waals surface area contributed by atoms with Crippen molar-refractivity contribution >= 4 is 5.78 Å². The highest BCUT2D eigenvalue weighted by atomic mass is 19.1. The van der Waals surface area contributed by atoms with Crippen LogP contribution in [0.2, 0.25) is 0 Å². The van der Waals surface area contributed by atoms with Crippen molar-refractivity contribution < 1.29 is 9.18 Å². The van der Waals surface area contributed by atoms with E-state index in [1.807, 2.05) is 0 Å². The molecule has 1 fully saturated rings. The van der Waals surface area contributed by atoms with E-state index in [9.17, 15) is 9.18 Å². The van der Waals surface area contributed by atoms with Gasteiger partial charge in [0.2, 0.25) is 0 Å². The summed E-state index contributed by atoms with van der Waals surface area (Å²) in [5, 5.41) is 0. The Kier molecular flexibility index (Phi) is 5.82. The third-order valence-electron chi connectivity index (χ3n) is 4.16. The number of carbonyl (C=O) groups excluding carboxylic acids is 1. The van der Waals surface area contributed by atoms with Gasteiger partial charge in [-0.25, -0.2) is 4.39 Å². The number of rotatable bonds is 7. The summed E-state index contributed by atoms with van der Waals surface area (Å²) in [6.45, 7) is 6.19. The summed E-state index contributed by atoms with van der Waals surface area (Å²) in [6, 6.07) is 3.34. The molecule has 0 bridgehead atoms. The second-order valence-electron chi connectivity index (χ2n) is 5.72. The second-order valence-corrected chi connectivity index (χ2v) is 5.72. The molecule has 2 rings (SSSR count). The minimum Gasteiger partial charge on any atom is -0.304 e. The van der Waals surface area contributed by atoms with Gasteiger partial charge in [0.25, 0.3) is 0 Å². The zero-order valence-corrected chi connectivity index (χ0v) is 12.9. The first-order valence-electron chi connectivity index (χ1n) is 7.67. The van der Waals surface area contributed by atoms with Gasteiger partial charge in [0.15, 0.2) is 5.78 Å². The molecule has 0 radical (unpaired) electrons. The van der Waals surface area contributed by atoms with Crippen LogP contribution in [0.4, 0.5) is 4.39 Å². The minimum absolute atomic E-state index is 0.0272. The van der Waals surface area contributed by atoms with E-state index < -0.39 is 5.82 Å². The fourth-order valence-corrected chi connectivity index (χ4v) is 2.93. The molecule has 1 atom stereocenters. The van der Waals surface area contributed by atoms with Crippen LogP contribution < -0.4 is 0 Å². The van der Waals surface area contributed by atoms with Gasteiger partial charge in [-0.15, -0.1) is 0 Å². The van der Waals surface area contributed by atoms with E-state index >= 15 is 0 Å². The van der Waals surface area contributed by atoms with Crippen LogP contribution >= 0.6 is 0 Å². The van der Waals surface area contributed by atoms with Gasteiger partial charge in [-0.2, -0.15) is 0 Å². The van der Waals surface area contributed by atoms with Crippen molar-refractivity contribution in [1.82, 2.24) is 14.8 Å². The maximum absolute atomic E-state index is 12.8. The Bertz CT molecular complexity index is 463. The number of carbonyl (C=O) groups is 1. The zero-order valence-electron chi connectivity index (χ0n) is 12.9. The first kappa shape index (κ1) is 16.0. The van der Waals surface area contributed by atoms with Crippen molar-refractivity contribution in [2.75, 3.05) is 33.2 Å². The molecule has 2 heterocycles. The molecule has 4 nitrogen and oxygen atoms in total. The number of hydrogen-bond acceptors (Lipinski definition) is 4. The molecule has 0 amide bonds. The maximum atomic E-state index is 12.8. The van der Waals surface area contributed by atoms with Crippen molar-refractivity contribution in [1.29, 1.82) is 0 Å². The second kappa shape index (κ2) is 7.61. The van der Waals surface area contributed by atoms with Crippen LogP contribution in [-0.4, -0.2) is 59.8 Å². The Morgan fingerprint density at radius 1 is 1.52 bits per heavy atom. The molecular weight excluding hydrogens is 269 g/mol. The van der Waals surface area contributed by atoms with Gasteiger partial charge in [-0.1, -0.05) is 6.92 Å². The summed E-state index contributed by atoms with van der Waals surface area (Å²) in [5.41, 5.74) is 0.348. The Hall–Kier alpha value is -1.33. The number of hydrogen-bond donors (Lipinski definition) is 0. The lowest BCUT2D eigenvalue weighted by Gasteiger charge is -2.27. The smallest absolute Gasteiger partial charge is 0.182 e. The lowest BCUT2D eigenvalue weighted by atomic mass is 10.1. The van der Waals surface area contributed by atoms with Crippen molar-refractivity contribution in [2.45, 2.75) is 32.2 Å². The summed E-state index contributed by atoms with van der Waals surface area (Å²) < 4.78 is 12.8. The average molecular weight is 293 g/mol. The molecule has 1 unspecified atom stereocenters. The van der Waals surface area contributed by atoms with E-state index in [1.54, 1.807) is 0 Å². The molecule has 0 spiro atoms. The minimum atomic E-state index is -0.412. The van der Waals surface area contributed by atoms with Crippen molar-refractivity contribution in [3.63, 3.8) is 0 Å². The highest BCUT2D eigenvalue weighted by Gasteiger charge is 2.24. The third kappa shape index (κ3) is 4.58. The van der Waals surface area contributed by atoms with Gasteiger partial charge in [0.05, 0.1) is 6.20 Å². The molecule has 1 aliphatic heterocycles. The summed E-state index contributed by atoms with van der Waals surface area (Å²) in [6.07, 6.45) is 4.03. The number of ketones is 1. The van der Waals surface area contributed by atoms with E-state index in [0.29, 0.717) is 24.7 Å². The molecule has 1 aliphatic rings. The normalized spacial score (nSPS) is 19.3. The van der Waals surface area contributed by atoms with Crippen molar-refractivity contribution in [2.24, 2.45) is 0 Å². The standard InChI is InChI=1S/C16H24FN3O/c1-3-20-9-4-5-14(20)12-19(2)10-8-16(21)15-7-6-13(17)11-18-15/h6-7,11,14H,3-5,8-10,12H2,1-2H3. The SMILES string of the molecule is CCN1CCCC1CN(C)CCC(=O)c1ccc(F)cn1. The topological polar surface area (TPSA) is 36.4 Å².